The number of amides is 5. The largest absolute Gasteiger partial charge is 0.427 e. The molecule has 5 amide bonds. The summed E-state index contributed by atoms with van der Waals surface area (Å²) in [4.78, 5) is 50.9. The summed E-state index contributed by atoms with van der Waals surface area (Å²) in [6.45, 7) is 0.242. The van der Waals surface area contributed by atoms with Crippen LogP contribution in [0.5, 0.6) is 0 Å². The van der Waals surface area contributed by atoms with Gasteiger partial charge in [0.15, 0.2) is 0 Å². The lowest BCUT2D eigenvalue weighted by Gasteiger charge is -2.32. The SMILES string of the molecule is C[C@H](N(Cc1ccc(F)cc1)C(=O)CC1CC2(OC(=O)NC2=O)c2cc(F)c(NC(=O)NCCC#N)cc21)C(F)(F)F. The molecule has 0 saturated carbocycles. The Morgan fingerprint density at radius 2 is 1.90 bits per heavy atom. The van der Waals surface area contributed by atoms with Crippen molar-refractivity contribution in [2.45, 2.75) is 56.5 Å². The van der Waals surface area contributed by atoms with Crippen LogP contribution in [0.25, 0.3) is 0 Å². The van der Waals surface area contributed by atoms with Crippen molar-refractivity contribution in [1.29, 1.82) is 5.26 Å². The summed E-state index contributed by atoms with van der Waals surface area (Å²) in [5.74, 6) is -4.61. The van der Waals surface area contributed by atoms with Gasteiger partial charge in [-0.2, -0.15) is 18.4 Å². The molecule has 42 heavy (non-hydrogen) atoms. The number of anilines is 1. The minimum atomic E-state index is -4.81. The molecular weight excluding hydrogens is 569 g/mol. The monoisotopic (exact) mass is 593 g/mol. The molecule has 4 rings (SSSR count). The van der Waals surface area contributed by atoms with Crippen molar-refractivity contribution < 1.29 is 45.9 Å². The first-order valence-corrected chi connectivity index (χ1v) is 12.7. The first-order chi connectivity index (χ1) is 19.7. The number of rotatable bonds is 8. The van der Waals surface area contributed by atoms with E-state index in [0.717, 1.165) is 31.2 Å². The van der Waals surface area contributed by atoms with E-state index in [1.165, 1.54) is 12.1 Å². The lowest BCUT2D eigenvalue weighted by Crippen LogP contribution is -2.46. The highest BCUT2D eigenvalue weighted by Gasteiger charge is 2.58. The predicted molar refractivity (Wildman–Crippen MR) is 134 cm³/mol. The van der Waals surface area contributed by atoms with Crippen molar-refractivity contribution in [2.75, 3.05) is 11.9 Å². The maximum absolute atomic E-state index is 15.1. The van der Waals surface area contributed by atoms with E-state index in [-0.39, 0.29) is 41.8 Å². The number of carbonyl (C=O) groups excluding carboxylic acids is 4. The molecule has 1 aliphatic heterocycles. The quantitative estimate of drug-likeness (QED) is 0.308. The fourth-order valence-corrected chi connectivity index (χ4v) is 4.99. The van der Waals surface area contributed by atoms with E-state index in [0.29, 0.717) is 4.90 Å². The zero-order chi connectivity index (χ0) is 30.8. The maximum atomic E-state index is 15.1. The number of nitriles is 1. The number of carbonyl (C=O) groups is 4. The van der Waals surface area contributed by atoms with Crippen LogP contribution in [0.4, 0.5) is 37.2 Å². The zero-order valence-electron chi connectivity index (χ0n) is 22.0. The van der Waals surface area contributed by atoms with Crippen molar-refractivity contribution in [2.24, 2.45) is 0 Å². The van der Waals surface area contributed by atoms with Gasteiger partial charge in [0.1, 0.15) is 17.7 Å². The first-order valence-electron chi connectivity index (χ1n) is 12.7. The highest BCUT2D eigenvalue weighted by atomic mass is 19.4. The first kappa shape index (κ1) is 30.2. The predicted octanol–water partition coefficient (Wildman–Crippen LogP) is 4.32. The number of benzene rings is 2. The Labute approximate surface area is 235 Å². The van der Waals surface area contributed by atoms with E-state index in [1.807, 2.05) is 11.4 Å². The van der Waals surface area contributed by atoms with Gasteiger partial charge in [0.2, 0.25) is 11.5 Å². The highest BCUT2D eigenvalue weighted by molar-refractivity contribution is 6.04. The number of alkyl halides is 3. The van der Waals surface area contributed by atoms with E-state index < -0.39 is 72.3 Å². The molecule has 1 aliphatic carbocycles. The lowest BCUT2D eigenvalue weighted by atomic mass is 9.93. The summed E-state index contributed by atoms with van der Waals surface area (Å²) < 4.78 is 75.0. The van der Waals surface area contributed by atoms with Crippen molar-refractivity contribution >= 4 is 29.6 Å². The van der Waals surface area contributed by atoms with Crippen LogP contribution in [0.15, 0.2) is 36.4 Å². The van der Waals surface area contributed by atoms with Gasteiger partial charge >= 0.3 is 18.3 Å². The molecule has 2 unspecified atom stereocenters. The normalized spacial score (nSPS) is 19.9. The van der Waals surface area contributed by atoms with Crippen LogP contribution in [0, 0.1) is 23.0 Å². The van der Waals surface area contributed by atoms with Crippen molar-refractivity contribution in [3.8, 4) is 6.07 Å². The molecular formula is C27H24F5N5O5. The molecule has 2 aromatic rings. The third-order valence-electron chi connectivity index (χ3n) is 7.12. The molecule has 0 bridgehead atoms. The number of halogens is 5. The van der Waals surface area contributed by atoms with Gasteiger partial charge in [-0.15, -0.1) is 0 Å². The van der Waals surface area contributed by atoms with Gasteiger partial charge in [-0.1, -0.05) is 12.1 Å². The van der Waals surface area contributed by atoms with Crippen LogP contribution >= 0.6 is 0 Å². The van der Waals surface area contributed by atoms with Crippen LogP contribution in [-0.4, -0.2) is 47.6 Å². The summed E-state index contributed by atoms with van der Waals surface area (Å²) in [5.41, 5.74) is -2.21. The number of nitrogens with one attached hydrogen (secondary N) is 3. The van der Waals surface area contributed by atoms with Crippen LogP contribution in [0.3, 0.4) is 0 Å². The molecule has 1 spiro atoms. The van der Waals surface area contributed by atoms with Crippen LogP contribution in [-0.2, 0) is 26.5 Å². The molecule has 2 aliphatic rings. The Morgan fingerprint density at radius 3 is 2.50 bits per heavy atom. The number of fused-ring (bicyclic) bond motifs is 2. The van der Waals surface area contributed by atoms with Crippen molar-refractivity contribution in [1.82, 2.24) is 15.5 Å². The molecule has 1 saturated heterocycles. The van der Waals surface area contributed by atoms with Gasteiger partial charge in [0.25, 0.3) is 5.91 Å². The molecule has 1 fully saturated rings. The molecule has 222 valence electrons. The molecule has 1 heterocycles. The lowest BCUT2D eigenvalue weighted by molar-refractivity contribution is -0.187. The summed E-state index contributed by atoms with van der Waals surface area (Å²) in [6.07, 6.45) is -6.95. The summed E-state index contributed by atoms with van der Waals surface area (Å²) in [6, 6.07) is 5.25. The number of hydrogen-bond acceptors (Lipinski definition) is 6. The second-order valence-electron chi connectivity index (χ2n) is 9.85. The van der Waals surface area contributed by atoms with Gasteiger partial charge < -0.3 is 20.3 Å². The second kappa shape index (κ2) is 11.6. The molecule has 3 N–H and O–H groups in total. The summed E-state index contributed by atoms with van der Waals surface area (Å²) in [7, 11) is 0. The van der Waals surface area contributed by atoms with Crippen LogP contribution in [0.1, 0.15) is 48.8 Å². The number of urea groups is 1. The van der Waals surface area contributed by atoms with E-state index in [2.05, 4.69) is 10.6 Å². The molecule has 10 nitrogen and oxygen atoms in total. The number of alkyl carbamates (subject to hydrolysis) is 1. The van der Waals surface area contributed by atoms with E-state index in [4.69, 9.17) is 10.00 Å². The number of imide groups is 1. The maximum Gasteiger partial charge on any atom is 0.415 e. The Kier molecular flexibility index (Phi) is 8.37. The smallest absolute Gasteiger partial charge is 0.415 e. The average molecular weight is 594 g/mol. The Balaban J connectivity index is 1.68. The van der Waals surface area contributed by atoms with Gasteiger partial charge in [0.05, 0.1) is 18.2 Å². The van der Waals surface area contributed by atoms with Crippen molar-refractivity contribution in [3.63, 3.8) is 0 Å². The standard InChI is InChI=1S/C27H24F5N5O5/c1-14(27(30,31)32)37(13-15-3-5-17(28)6-4-15)22(38)9-16-12-26(23(39)36-25(41)42-26)19-11-20(29)21(10-18(16)19)35-24(40)34-8-2-7-33/h3-6,10-11,14,16H,2,8-9,12-13H2,1H3,(H2,34,35,40)(H,36,39,41)/t14-,16?,26?/m0/s1. The fourth-order valence-electron chi connectivity index (χ4n) is 4.99. The molecule has 15 heteroatoms. The van der Waals surface area contributed by atoms with Gasteiger partial charge in [0, 0.05) is 31.5 Å². The van der Waals surface area contributed by atoms with Gasteiger partial charge in [-0.05, 0) is 48.2 Å². The summed E-state index contributed by atoms with van der Waals surface area (Å²) in [5, 5.41) is 15.2. The second-order valence-corrected chi connectivity index (χ2v) is 9.85. The number of nitrogens with zero attached hydrogens (tertiary/aromatic N) is 2. The minimum Gasteiger partial charge on any atom is -0.427 e. The molecule has 3 atom stereocenters. The fraction of sp³-hybridized carbons (Fsp3) is 0.370. The van der Waals surface area contributed by atoms with Crippen LogP contribution in [0.2, 0.25) is 0 Å². The van der Waals surface area contributed by atoms with Crippen molar-refractivity contribution in [3.05, 3.63) is 64.7 Å². The highest BCUT2D eigenvalue weighted by Crippen LogP contribution is 2.51. The van der Waals surface area contributed by atoms with E-state index >= 15 is 4.39 Å². The molecule has 0 aromatic heterocycles. The third-order valence-corrected chi connectivity index (χ3v) is 7.12. The molecule has 2 aromatic carbocycles. The Hall–Kier alpha value is -4.74. The Morgan fingerprint density at radius 1 is 1.21 bits per heavy atom. The van der Waals surface area contributed by atoms with E-state index in [1.54, 1.807) is 0 Å². The number of ether oxygens (including phenoxy) is 1. The topological polar surface area (TPSA) is 141 Å². The Bertz CT molecular complexity index is 1460. The third kappa shape index (κ3) is 6.12. The molecule has 0 radical (unpaired) electrons. The number of hydrogen-bond donors (Lipinski definition) is 3. The minimum absolute atomic E-state index is 0.0158. The average Bonchev–Trinajstić information content (AvgIpc) is 3.36. The van der Waals surface area contributed by atoms with E-state index in [9.17, 15) is 36.7 Å². The van der Waals surface area contributed by atoms with Crippen LogP contribution < -0.4 is 16.0 Å². The zero-order valence-corrected chi connectivity index (χ0v) is 22.0. The summed E-state index contributed by atoms with van der Waals surface area (Å²) >= 11 is 0. The van der Waals surface area contributed by atoms with Gasteiger partial charge in [-0.3, -0.25) is 14.9 Å². The van der Waals surface area contributed by atoms with Gasteiger partial charge in [-0.25, -0.2) is 18.4 Å².